The van der Waals surface area contributed by atoms with Crippen LogP contribution in [0.1, 0.15) is 24.8 Å². The zero-order valence-corrected chi connectivity index (χ0v) is 7.79. The van der Waals surface area contributed by atoms with Crippen molar-refractivity contribution in [3.63, 3.8) is 0 Å². The average Bonchev–Trinajstić information content (AvgIpc) is 2.04. The number of hydrogen-bond donors (Lipinski definition) is 1. The van der Waals surface area contributed by atoms with Gasteiger partial charge in [0.2, 0.25) is 5.88 Å². The summed E-state index contributed by atoms with van der Waals surface area (Å²) in [5.41, 5.74) is 7.49. The van der Waals surface area contributed by atoms with Crippen LogP contribution in [0.4, 0.5) is 5.69 Å². The number of nitrogens with two attached hydrogens (primary N) is 1. The Morgan fingerprint density at radius 2 is 2.31 bits per heavy atom. The van der Waals surface area contributed by atoms with Gasteiger partial charge in [0.25, 0.3) is 0 Å². The minimum Gasteiger partial charge on any atom is -0.474 e. The first kappa shape index (κ1) is 8.35. The van der Waals surface area contributed by atoms with Gasteiger partial charge >= 0.3 is 0 Å². The molecule has 13 heavy (non-hydrogen) atoms. The number of hydrogen-bond acceptors (Lipinski definition) is 3. The molecule has 1 fully saturated rings. The summed E-state index contributed by atoms with van der Waals surface area (Å²) in [6.45, 7) is 1.94. The Kier molecular flexibility index (Phi) is 2.08. The van der Waals surface area contributed by atoms with Crippen LogP contribution in [0.15, 0.2) is 12.3 Å². The zero-order chi connectivity index (χ0) is 9.26. The van der Waals surface area contributed by atoms with Gasteiger partial charge in [-0.25, -0.2) is 4.98 Å². The lowest BCUT2D eigenvalue weighted by molar-refractivity contribution is 0.115. The molecule has 3 heteroatoms. The molecule has 2 N–H and O–H groups in total. The van der Waals surface area contributed by atoms with Gasteiger partial charge in [0.1, 0.15) is 6.10 Å². The summed E-state index contributed by atoms with van der Waals surface area (Å²) in [5.74, 6) is 0.660. The van der Waals surface area contributed by atoms with Gasteiger partial charge < -0.3 is 10.5 Å². The molecule has 0 saturated heterocycles. The second kappa shape index (κ2) is 3.24. The summed E-state index contributed by atoms with van der Waals surface area (Å²) >= 11 is 0. The van der Waals surface area contributed by atoms with Crippen molar-refractivity contribution in [2.24, 2.45) is 0 Å². The van der Waals surface area contributed by atoms with E-state index in [9.17, 15) is 0 Å². The lowest BCUT2D eigenvalue weighted by Gasteiger charge is -2.25. The summed E-state index contributed by atoms with van der Waals surface area (Å²) in [4.78, 5) is 4.16. The summed E-state index contributed by atoms with van der Waals surface area (Å²) < 4.78 is 5.60. The van der Waals surface area contributed by atoms with E-state index in [1.165, 1.54) is 6.42 Å². The molecule has 0 radical (unpaired) electrons. The molecule has 0 aromatic carbocycles. The second-order valence-electron chi connectivity index (χ2n) is 3.55. The van der Waals surface area contributed by atoms with Crippen molar-refractivity contribution in [1.82, 2.24) is 4.98 Å². The van der Waals surface area contributed by atoms with Crippen LogP contribution < -0.4 is 10.5 Å². The highest BCUT2D eigenvalue weighted by Gasteiger charge is 2.19. The van der Waals surface area contributed by atoms with Gasteiger partial charge in [-0.3, -0.25) is 0 Å². The Labute approximate surface area is 77.9 Å². The van der Waals surface area contributed by atoms with Crippen molar-refractivity contribution in [3.8, 4) is 5.88 Å². The largest absolute Gasteiger partial charge is 0.474 e. The van der Waals surface area contributed by atoms with Crippen LogP contribution in [-0.2, 0) is 0 Å². The van der Waals surface area contributed by atoms with Crippen LogP contribution in [0, 0.1) is 6.92 Å². The molecule has 0 bridgehead atoms. The van der Waals surface area contributed by atoms with E-state index in [2.05, 4.69) is 4.98 Å². The predicted molar refractivity (Wildman–Crippen MR) is 51.7 cm³/mol. The summed E-state index contributed by atoms with van der Waals surface area (Å²) in [7, 11) is 0. The normalized spacial score (nSPS) is 16.7. The predicted octanol–water partition coefficient (Wildman–Crippen LogP) is 1.90. The summed E-state index contributed by atoms with van der Waals surface area (Å²) in [5, 5.41) is 0. The molecular weight excluding hydrogens is 164 g/mol. The van der Waals surface area contributed by atoms with E-state index in [0.29, 0.717) is 12.0 Å². The molecule has 1 heterocycles. The number of aromatic nitrogens is 1. The SMILES string of the molecule is Cc1cnc(OC2CCC2)cc1N. The van der Waals surface area contributed by atoms with Gasteiger partial charge in [-0.2, -0.15) is 0 Å². The van der Waals surface area contributed by atoms with Gasteiger partial charge in [0.05, 0.1) is 0 Å². The second-order valence-corrected chi connectivity index (χ2v) is 3.55. The van der Waals surface area contributed by atoms with E-state index in [1.54, 1.807) is 12.3 Å². The number of ether oxygens (including phenoxy) is 1. The molecule has 1 aromatic heterocycles. The molecular formula is C10H14N2O. The molecule has 1 aromatic rings. The number of aryl methyl sites for hydroxylation is 1. The molecule has 0 aliphatic heterocycles. The third-order valence-corrected chi connectivity index (χ3v) is 2.46. The van der Waals surface area contributed by atoms with Crippen LogP contribution in [0.3, 0.4) is 0 Å². The van der Waals surface area contributed by atoms with Crippen molar-refractivity contribution in [1.29, 1.82) is 0 Å². The maximum absolute atomic E-state index is 5.74. The van der Waals surface area contributed by atoms with Crippen LogP contribution >= 0.6 is 0 Å². The maximum atomic E-state index is 5.74. The number of nitrogens with zero attached hydrogens (tertiary/aromatic N) is 1. The summed E-state index contributed by atoms with van der Waals surface area (Å²) in [6, 6.07) is 1.80. The Morgan fingerprint density at radius 3 is 2.85 bits per heavy atom. The molecule has 1 saturated carbocycles. The van der Waals surface area contributed by atoms with E-state index in [4.69, 9.17) is 10.5 Å². The molecule has 2 rings (SSSR count). The Hall–Kier alpha value is -1.25. The molecule has 1 aliphatic rings. The number of pyridine rings is 1. The summed E-state index contributed by atoms with van der Waals surface area (Å²) in [6.07, 6.45) is 5.69. The highest BCUT2D eigenvalue weighted by atomic mass is 16.5. The number of anilines is 1. The third-order valence-electron chi connectivity index (χ3n) is 2.46. The standard InChI is InChI=1S/C10H14N2O/c1-7-6-12-10(5-9(7)11)13-8-3-2-4-8/h5-6,8H,2-4H2,1H3,(H2,11,12). The molecule has 0 unspecified atom stereocenters. The van der Waals surface area contributed by atoms with E-state index in [-0.39, 0.29) is 0 Å². The molecule has 70 valence electrons. The fourth-order valence-electron chi connectivity index (χ4n) is 1.24. The van der Waals surface area contributed by atoms with E-state index in [1.807, 2.05) is 6.92 Å². The Bertz CT molecular complexity index is 308. The van der Waals surface area contributed by atoms with Gasteiger partial charge in [-0.05, 0) is 31.7 Å². The average molecular weight is 178 g/mol. The third kappa shape index (κ3) is 1.74. The molecule has 3 nitrogen and oxygen atoms in total. The molecule has 0 atom stereocenters. The number of nitrogen functional groups attached to an aromatic ring is 1. The fourth-order valence-corrected chi connectivity index (χ4v) is 1.24. The van der Waals surface area contributed by atoms with Gasteiger partial charge in [-0.15, -0.1) is 0 Å². The Balaban J connectivity index is 2.07. The van der Waals surface area contributed by atoms with Gasteiger partial charge in [0.15, 0.2) is 0 Å². The fraction of sp³-hybridized carbons (Fsp3) is 0.500. The minimum atomic E-state index is 0.370. The highest BCUT2D eigenvalue weighted by molar-refractivity contribution is 5.47. The zero-order valence-electron chi connectivity index (χ0n) is 7.79. The maximum Gasteiger partial charge on any atom is 0.215 e. The first-order valence-electron chi connectivity index (χ1n) is 4.64. The molecule has 0 amide bonds. The minimum absolute atomic E-state index is 0.370. The lowest BCUT2D eigenvalue weighted by atomic mass is 9.96. The van der Waals surface area contributed by atoms with Crippen molar-refractivity contribution in [2.45, 2.75) is 32.3 Å². The van der Waals surface area contributed by atoms with Gasteiger partial charge in [-0.1, -0.05) is 0 Å². The Morgan fingerprint density at radius 1 is 1.54 bits per heavy atom. The number of rotatable bonds is 2. The highest BCUT2D eigenvalue weighted by Crippen LogP contribution is 2.25. The van der Waals surface area contributed by atoms with Crippen LogP contribution in [0.5, 0.6) is 5.88 Å². The molecule has 0 spiro atoms. The lowest BCUT2D eigenvalue weighted by Crippen LogP contribution is -2.25. The van der Waals surface area contributed by atoms with E-state index >= 15 is 0 Å². The smallest absolute Gasteiger partial charge is 0.215 e. The van der Waals surface area contributed by atoms with Crippen molar-refractivity contribution < 1.29 is 4.74 Å². The van der Waals surface area contributed by atoms with E-state index < -0.39 is 0 Å². The van der Waals surface area contributed by atoms with Crippen LogP contribution in [0.25, 0.3) is 0 Å². The first-order chi connectivity index (χ1) is 6.25. The molecule has 1 aliphatic carbocycles. The monoisotopic (exact) mass is 178 g/mol. The first-order valence-corrected chi connectivity index (χ1v) is 4.64. The van der Waals surface area contributed by atoms with Crippen molar-refractivity contribution in [3.05, 3.63) is 17.8 Å². The van der Waals surface area contributed by atoms with E-state index in [0.717, 1.165) is 24.1 Å². The van der Waals surface area contributed by atoms with Crippen molar-refractivity contribution in [2.75, 3.05) is 5.73 Å². The van der Waals surface area contributed by atoms with Crippen LogP contribution in [0.2, 0.25) is 0 Å². The van der Waals surface area contributed by atoms with Gasteiger partial charge in [0, 0.05) is 18.0 Å². The quantitative estimate of drug-likeness (QED) is 0.752. The van der Waals surface area contributed by atoms with Crippen molar-refractivity contribution >= 4 is 5.69 Å². The topological polar surface area (TPSA) is 48.1 Å². The van der Waals surface area contributed by atoms with Crippen LogP contribution in [-0.4, -0.2) is 11.1 Å².